The van der Waals surface area contributed by atoms with E-state index in [0.717, 1.165) is 45.8 Å². The third-order valence-electron chi connectivity index (χ3n) is 11.2. The Morgan fingerprint density at radius 1 is 0.645 bits per heavy atom. The minimum Gasteiger partial charge on any atom is -0.315 e. The molecule has 1 N–H and O–H groups in total. The van der Waals surface area contributed by atoms with Crippen molar-refractivity contribution in [3.8, 4) is 0 Å². The van der Waals surface area contributed by atoms with Gasteiger partial charge in [-0.15, -0.1) is 0 Å². The maximum Gasteiger partial charge on any atom is 0.0107 e. The van der Waals surface area contributed by atoms with E-state index in [9.17, 15) is 0 Å². The van der Waals surface area contributed by atoms with Gasteiger partial charge in [0.1, 0.15) is 0 Å². The van der Waals surface area contributed by atoms with Crippen LogP contribution in [0.5, 0.6) is 0 Å². The number of nitrogens with zero attached hydrogens (tertiary/aromatic N) is 1. The van der Waals surface area contributed by atoms with Crippen molar-refractivity contribution >= 4 is 7.92 Å². The lowest BCUT2D eigenvalue weighted by Gasteiger charge is -2.67. The van der Waals surface area contributed by atoms with E-state index >= 15 is 0 Å². The average molecular weight is 445 g/mol. The Bertz CT molecular complexity index is 526. The third-order valence-corrected chi connectivity index (χ3v) is 15.2. The zero-order valence-corrected chi connectivity index (χ0v) is 21.5. The highest BCUT2D eigenvalue weighted by Crippen LogP contribution is 2.78. The molecule has 31 heavy (non-hydrogen) atoms. The van der Waals surface area contributed by atoms with E-state index in [4.69, 9.17) is 0 Å². The van der Waals surface area contributed by atoms with E-state index in [1.807, 2.05) is 0 Å². The second-order valence-corrected chi connectivity index (χ2v) is 16.4. The van der Waals surface area contributed by atoms with Gasteiger partial charge < -0.3 is 10.2 Å². The number of rotatable bonds is 10. The molecule has 0 radical (unpaired) electrons. The van der Waals surface area contributed by atoms with Gasteiger partial charge in [0.25, 0.3) is 0 Å². The molecule has 0 amide bonds. The fraction of sp³-hybridized carbons (Fsp3) is 1.00. The SMILES string of the molecule is CCN(CC)CCNCCP(C12CC3CC(CC(C3)C1)C2)C12CC3CC(CC(C3)C1)C2. The molecule has 0 aromatic rings. The smallest absolute Gasteiger partial charge is 0.0107 e. The van der Waals surface area contributed by atoms with Crippen LogP contribution in [0.3, 0.4) is 0 Å². The lowest BCUT2D eigenvalue weighted by Crippen LogP contribution is -2.57. The Hall–Kier alpha value is 0.350. The third kappa shape index (κ3) is 3.97. The first kappa shape index (κ1) is 21.9. The van der Waals surface area contributed by atoms with E-state index in [1.165, 1.54) is 32.7 Å². The van der Waals surface area contributed by atoms with Gasteiger partial charge in [-0.2, -0.15) is 0 Å². The Labute approximate surface area is 193 Å². The molecule has 0 unspecified atom stereocenters. The normalized spacial score (nSPS) is 48.1. The van der Waals surface area contributed by atoms with Crippen LogP contribution in [0.4, 0.5) is 0 Å². The van der Waals surface area contributed by atoms with Crippen LogP contribution < -0.4 is 5.32 Å². The average Bonchev–Trinajstić information content (AvgIpc) is 2.71. The Balaban J connectivity index is 1.20. The van der Waals surface area contributed by atoms with Gasteiger partial charge in [-0.1, -0.05) is 21.8 Å². The van der Waals surface area contributed by atoms with Crippen LogP contribution in [0.25, 0.3) is 0 Å². The molecular weight excluding hydrogens is 395 g/mol. The van der Waals surface area contributed by atoms with Crippen molar-refractivity contribution in [2.24, 2.45) is 35.5 Å². The number of hydrogen-bond donors (Lipinski definition) is 1. The molecule has 8 rings (SSSR count). The fourth-order valence-corrected chi connectivity index (χ4v) is 16.1. The van der Waals surface area contributed by atoms with Crippen molar-refractivity contribution in [1.82, 2.24) is 10.2 Å². The van der Waals surface area contributed by atoms with Crippen LogP contribution >= 0.6 is 7.92 Å². The molecule has 0 aliphatic heterocycles. The summed E-state index contributed by atoms with van der Waals surface area (Å²) in [6.07, 6.45) is 21.2. The minimum absolute atomic E-state index is 0.176. The quantitative estimate of drug-likeness (QED) is 0.312. The molecule has 0 heterocycles. The lowest BCUT2D eigenvalue weighted by atomic mass is 9.55. The molecule has 0 aromatic heterocycles. The van der Waals surface area contributed by atoms with Gasteiger partial charge >= 0.3 is 0 Å². The summed E-state index contributed by atoms with van der Waals surface area (Å²) in [7, 11) is 0.176. The molecule has 0 atom stereocenters. The molecular formula is C28H49N2P. The van der Waals surface area contributed by atoms with Crippen molar-refractivity contribution in [2.75, 3.05) is 38.9 Å². The summed E-state index contributed by atoms with van der Waals surface area (Å²) in [6.45, 7) is 10.8. The monoisotopic (exact) mass is 444 g/mol. The predicted octanol–water partition coefficient (Wildman–Crippen LogP) is 6.34. The second kappa shape index (κ2) is 8.53. The summed E-state index contributed by atoms with van der Waals surface area (Å²) in [5.41, 5.74) is 0. The maximum atomic E-state index is 3.95. The molecule has 8 aliphatic rings. The number of nitrogens with one attached hydrogen (secondary N) is 1. The van der Waals surface area contributed by atoms with Crippen LogP contribution in [-0.2, 0) is 0 Å². The molecule has 2 nitrogen and oxygen atoms in total. The van der Waals surface area contributed by atoms with E-state index in [1.54, 1.807) is 83.2 Å². The van der Waals surface area contributed by atoms with E-state index < -0.39 is 0 Å². The fourth-order valence-electron chi connectivity index (χ4n) is 10.9. The number of hydrogen-bond acceptors (Lipinski definition) is 2. The van der Waals surface area contributed by atoms with Crippen LogP contribution in [0.15, 0.2) is 0 Å². The van der Waals surface area contributed by atoms with Crippen molar-refractivity contribution in [2.45, 2.75) is 101 Å². The first-order chi connectivity index (χ1) is 15.1. The van der Waals surface area contributed by atoms with Crippen LogP contribution in [0, 0.1) is 35.5 Å². The standard InChI is InChI=1S/C28H49N2P/c1-3-30(4-2)7-5-29-6-8-31(27-15-21-9-22(16-27)11-23(10-21)17-27)28-18-24-12-25(19-28)14-26(13-24)20-28/h21-26,29H,3-20H2,1-2H3. The van der Waals surface area contributed by atoms with Crippen LogP contribution in [-0.4, -0.2) is 54.1 Å². The molecule has 8 saturated carbocycles. The van der Waals surface area contributed by atoms with E-state index in [0.29, 0.717) is 0 Å². The number of likely N-dealkylation sites (N-methyl/N-ethyl adjacent to an activating group) is 1. The van der Waals surface area contributed by atoms with Gasteiger partial charge in [-0.3, -0.25) is 0 Å². The van der Waals surface area contributed by atoms with Crippen molar-refractivity contribution in [3.63, 3.8) is 0 Å². The molecule has 8 fully saturated rings. The summed E-state index contributed by atoms with van der Waals surface area (Å²) in [4.78, 5) is 2.58. The van der Waals surface area contributed by atoms with E-state index in [-0.39, 0.29) is 7.92 Å². The van der Waals surface area contributed by atoms with Crippen molar-refractivity contribution in [1.29, 1.82) is 0 Å². The highest BCUT2D eigenvalue weighted by Gasteiger charge is 2.62. The highest BCUT2D eigenvalue weighted by atomic mass is 31.1. The van der Waals surface area contributed by atoms with Gasteiger partial charge in [0.05, 0.1) is 0 Å². The van der Waals surface area contributed by atoms with Gasteiger partial charge in [0.2, 0.25) is 0 Å². The van der Waals surface area contributed by atoms with Crippen molar-refractivity contribution < 1.29 is 0 Å². The molecule has 0 spiro atoms. The molecule has 8 aliphatic carbocycles. The topological polar surface area (TPSA) is 15.3 Å². The van der Waals surface area contributed by atoms with Gasteiger partial charge in [-0.25, -0.2) is 0 Å². The Morgan fingerprint density at radius 3 is 1.39 bits per heavy atom. The molecule has 3 heteroatoms. The lowest BCUT2D eigenvalue weighted by molar-refractivity contribution is 0.0185. The zero-order chi connectivity index (χ0) is 21.1. The second-order valence-electron chi connectivity index (χ2n) is 13.2. The molecule has 0 aromatic carbocycles. The molecule has 0 saturated heterocycles. The first-order valence-corrected chi connectivity index (χ1v) is 15.8. The maximum absolute atomic E-state index is 3.95. The van der Waals surface area contributed by atoms with Crippen LogP contribution in [0.1, 0.15) is 90.9 Å². The summed E-state index contributed by atoms with van der Waals surface area (Å²) in [6, 6.07) is 0. The van der Waals surface area contributed by atoms with Gasteiger partial charge in [-0.05, 0) is 149 Å². The van der Waals surface area contributed by atoms with Gasteiger partial charge in [0, 0.05) is 13.1 Å². The molecule has 176 valence electrons. The largest absolute Gasteiger partial charge is 0.315 e. The highest BCUT2D eigenvalue weighted by molar-refractivity contribution is 7.61. The minimum atomic E-state index is 0.176. The Kier molecular flexibility index (Phi) is 6.02. The van der Waals surface area contributed by atoms with Crippen molar-refractivity contribution in [3.05, 3.63) is 0 Å². The molecule has 8 bridgehead atoms. The zero-order valence-electron chi connectivity index (χ0n) is 20.6. The Morgan fingerprint density at radius 2 is 1.03 bits per heavy atom. The predicted molar refractivity (Wildman–Crippen MR) is 134 cm³/mol. The first-order valence-electron chi connectivity index (χ1n) is 14.3. The summed E-state index contributed by atoms with van der Waals surface area (Å²) >= 11 is 0. The summed E-state index contributed by atoms with van der Waals surface area (Å²) < 4.78 is 0. The van der Waals surface area contributed by atoms with Crippen LogP contribution in [0.2, 0.25) is 0 Å². The summed E-state index contributed by atoms with van der Waals surface area (Å²) in [5.74, 6) is 6.75. The van der Waals surface area contributed by atoms with Gasteiger partial charge in [0.15, 0.2) is 0 Å². The summed E-state index contributed by atoms with van der Waals surface area (Å²) in [5, 5.41) is 5.59. The van der Waals surface area contributed by atoms with E-state index in [2.05, 4.69) is 24.1 Å².